The van der Waals surface area contributed by atoms with Crippen LogP contribution in [0.15, 0.2) is 11.6 Å². The summed E-state index contributed by atoms with van der Waals surface area (Å²) in [5, 5.41) is 41.8. The zero-order valence-corrected chi connectivity index (χ0v) is 29.0. The van der Waals surface area contributed by atoms with Gasteiger partial charge in [-0.3, -0.25) is 0 Å². The van der Waals surface area contributed by atoms with E-state index in [1.165, 1.54) is 64.2 Å². The summed E-state index contributed by atoms with van der Waals surface area (Å²) < 4.78 is 17.3. The smallest absolute Gasteiger partial charge is 0.334 e. The van der Waals surface area contributed by atoms with Crippen molar-refractivity contribution in [1.82, 2.24) is 0 Å². The highest BCUT2D eigenvalue weighted by atomic mass is 16.5. The molecule has 0 aliphatic carbocycles. The van der Waals surface area contributed by atoms with Crippen LogP contribution in [0.3, 0.4) is 0 Å². The van der Waals surface area contributed by atoms with Crippen molar-refractivity contribution < 1.29 is 44.9 Å². The summed E-state index contributed by atoms with van der Waals surface area (Å²) in [6.45, 7) is 3.97. The normalized spacial score (nSPS) is 27.2. The maximum absolute atomic E-state index is 11.6. The predicted octanol–water partition coefficient (Wildman–Crippen LogP) is 6.00. The number of aliphatic hydroxyl groups excluding tert-OH is 4. The highest BCUT2D eigenvalue weighted by Gasteiger charge is 2.37. The molecule has 6 N–H and O–H groups in total. The third-order valence-electron chi connectivity index (χ3n) is 10.1. The molecule has 3 aliphatic rings. The minimum Gasteiger partial charge on any atom is -0.455 e. The van der Waals surface area contributed by atoms with Gasteiger partial charge < -0.3 is 40.1 Å². The number of unbranched alkanes of at least 4 members (excludes halogenated alkanes) is 11. The van der Waals surface area contributed by atoms with E-state index in [-0.39, 0.29) is 29.8 Å². The number of hydrogen-bond acceptors (Lipinski definition) is 8. The minimum atomic E-state index is -0.913. The second-order valence-corrected chi connectivity index (χ2v) is 14.2. The lowest BCUT2D eigenvalue weighted by Crippen LogP contribution is -2.38. The van der Waals surface area contributed by atoms with E-state index in [0.717, 1.165) is 50.5 Å². The Bertz CT molecular complexity index is 836. The monoisotopic (exact) mass is 656 g/mol. The van der Waals surface area contributed by atoms with Crippen LogP contribution >= 0.6 is 0 Å². The van der Waals surface area contributed by atoms with Crippen LogP contribution < -0.4 is 0 Å². The molecule has 0 aromatic heterocycles. The lowest BCUT2D eigenvalue weighted by Gasteiger charge is -2.25. The standard InChI is InChI=1S/C37H66O8.H2O/c1-3-4-18-33(40)36(41)35-24-23-34(45-35)32(39)22-19-29(38)26-31-21-20-30(44-31)17-15-13-11-9-7-5-6-8-10-12-14-16-28-25-27(2)43-37(28)42;/h25,27,29-36,38-41H,3-24,26H2,1-2H3;1H2/t27-,29-,30+,31-,32-,33?,34-,35-,36+;/m0./s1. The highest BCUT2D eigenvalue weighted by molar-refractivity contribution is 5.90. The molecule has 46 heavy (non-hydrogen) atoms. The largest absolute Gasteiger partial charge is 0.455 e. The Hall–Kier alpha value is -1.07. The summed E-state index contributed by atoms with van der Waals surface area (Å²) in [7, 11) is 0. The van der Waals surface area contributed by atoms with E-state index in [1.54, 1.807) is 0 Å². The van der Waals surface area contributed by atoms with Gasteiger partial charge in [-0.05, 0) is 83.6 Å². The van der Waals surface area contributed by atoms with Gasteiger partial charge in [-0.15, -0.1) is 0 Å². The molecular formula is C37H68O9. The van der Waals surface area contributed by atoms with E-state index < -0.39 is 30.5 Å². The molecule has 9 nitrogen and oxygen atoms in total. The van der Waals surface area contributed by atoms with Crippen LogP contribution in [-0.2, 0) is 19.0 Å². The van der Waals surface area contributed by atoms with E-state index in [2.05, 4.69) is 6.92 Å². The van der Waals surface area contributed by atoms with Crippen LogP contribution in [0.4, 0.5) is 0 Å². The third-order valence-corrected chi connectivity index (χ3v) is 10.1. The van der Waals surface area contributed by atoms with Gasteiger partial charge in [0.05, 0.1) is 42.7 Å². The molecule has 3 heterocycles. The molecule has 270 valence electrons. The van der Waals surface area contributed by atoms with E-state index in [1.807, 2.05) is 13.0 Å². The number of carbonyl (C=O) groups is 1. The SMILES string of the molecule is CCCCC(O)[C@@H](O)[C@@H]1CC[C@@H]([C@@H](O)CC[C@H](O)C[C@@H]2CC[C@@H](CCCCCCCCCCCCCC3=C[C@H](C)OC3=O)O2)O1.O. The fourth-order valence-corrected chi connectivity index (χ4v) is 7.29. The Morgan fingerprint density at radius 3 is 1.98 bits per heavy atom. The van der Waals surface area contributed by atoms with E-state index in [4.69, 9.17) is 14.2 Å². The van der Waals surface area contributed by atoms with Gasteiger partial charge in [0.2, 0.25) is 0 Å². The second kappa shape index (κ2) is 23.3. The molecule has 0 bridgehead atoms. The summed E-state index contributed by atoms with van der Waals surface area (Å²) in [6, 6.07) is 0. The number of rotatable bonds is 25. The Labute approximate surface area is 278 Å². The average Bonchev–Trinajstić information content (AvgIpc) is 3.77. The molecule has 0 radical (unpaired) electrons. The average molecular weight is 657 g/mol. The Balaban J connectivity index is 0.00000736. The lowest BCUT2D eigenvalue weighted by atomic mass is 9.98. The van der Waals surface area contributed by atoms with Crippen LogP contribution in [0.1, 0.15) is 162 Å². The van der Waals surface area contributed by atoms with Crippen LogP contribution in [0.5, 0.6) is 0 Å². The topological polar surface area (TPSA) is 157 Å². The molecule has 3 rings (SSSR count). The second-order valence-electron chi connectivity index (χ2n) is 14.2. The van der Waals surface area contributed by atoms with Crippen molar-refractivity contribution in [3.05, 3.63) is 11.6 Å². The minimum absolute atomic E-state index is 0. The summed E-state index contributed by atoms with van der Waals surface area (Å²) in [6.07, 6.45) is 21.9. The molecule has 0 amide bonds. The molecule has 2 fully saturated rings. The first-order chi connectivity index (χ1) is 21.8. The first kappa shape index (κ1) is 41.1. The van der Waals surface area contributed by atoms with E-state index in [0.29, 0.717) is 44.6 Å². The molecule has 0 aromatic rings. The molecular weight excluding hydrogens is 588 g/mol. The van der Waals surface area contributed by atoms with E-state index >= 15 is 0 Å². The van der Waals surface area contributed by atoms with Crippen molar-refractivity contribution in [2.75, 3.05) is 0 Å². The van der Waals surface area contributed by atoms with Crippen molar-refractivity contribution in [1.29, 1.82) is 0 Å². The van der Waals surface area contributed by atoms with Gasteiger partial charge in [0.25, 0.3) is 0 Å². The Kier molecular flexibility index (Phi) is 20.8. The zero-order chi connectivity index (χ0) is 32.4. The lowest BCUT2D eigenvalue weighted by molar-refractivity contribution is -0.139. The van der Waals surface area contributed by atoms with E-state index in [9.17, 15) is 25.2 Å². The number of carbonyl (C=O) groups excluding carboxylic acids is 1. The van der Waals surface area contributed by atoms with Crippen molar-refractivity contribution in [2.24, 2.45) is 0 Å². The van der Waals surface area contributed by atoms with Gasteiger partial charge in [0.15, 0.2) is 0 Å². The fraction of sp³-hybridized carbons (Fsp3) is 0.919. The van der Waals surface area contributed by atoms with Gasteiger partial charge in [-0.2, -0.15) is 0 Å². The van der Waals surface area contributed by atoms with Crippen LogP contribution in [-0.4, -0.2) is 86.8 Å². The molecule has 9 atom stereocenters. The number of esters is 1. The van der Waals surface area contributed by atoms with Crippen molar-refractivity contribution >= 4 is 5.97 Å². The van der Waals surface area contributed by atoms with Crippen LogP contribution in [0.2, 0.25) is 0 Å². The summed E-state index contributed by atoms with van der Waals surface area (Å²) in [4.78, 5) is 11.6. The number of aliphatic hydroxyl groups is 4. The predicted molar refractivity (Wildman–Crippen MR) is 180 cm³/mol. The van der Waals surface area contributed by atoms with Gasteiger partial charge in [-0.25, -0.2) is 4.79 Å². The molecule has 0 saturated carbocycles. The Morgan fingerprint density at radius 2 is 1.35 bits per heavy atom. The fourth-order valence-electron chi connectivity index (χ4n) is 7.29. The highest BCUT2D eigenvalue weighted by Crippen LogP contribution is 2.30. The number of cyclic esters (lactones) is 1. The Morgan fingerprint density at radius 1 is 0.739 bits per heavy atom. The zero-order valence-electron chi connectivity index (χ0n) is 29.0. The number of ether oxygens (including phenoxy) is 3. The summed E-state index contributed by atoms with van der Waals surface area (Å²) >= 11 is 0. The van der Waals surface area contributed by atoms with Crippen LogP contribution in [0, 0.1) is 0 Å². The molecule has 0 spiro atoms. The van der Waals surface area contributed by atoms with Gasteiger partial charge >= 0.3 is 5.97 Å². The van der Waals surface area contributed by atoms with Crippen molar-refractivity contribution in [2.45, 2.75) is 216 Å². The molecule has 3 aliphatic heterocycles. The van der Waals surface area contributed by atoms with Gasteiger partial charge in [-0.1, -0.05) is 84.0 Å². The molecule has 1 unspecified atom stereocenters. The summed E-state index contributed by atoms with van der Waals surface area (Å²) in [5.74, 6) is -0.119. The maximum Gasteiger partial charge on any atom is 0.334 e. The number of hydrogen-bond donors (Lipinski definition) is 4. The summed E-state index contributed by atoms with van der Waals surface area (Å²) in [5.41, 5.74) is 0.868. The first-order valence-electron chi connectivity index (χ1n) is 18.7. The van der Waals surface area contributed by atoms with Crippen LogP contribution in [0.25, 0.3) is 0 Å². The van der Waals surface area contributed by atoms with Gasteiger partial charge in [0, 0.05) is 5.57 Å². The van der Waals surface area contributed by atoms with Crippen molar-refractivity contribution in [3.63, 3.8) is 0 Å². The molecule has 9 heteroatoms. The van der Waals surface area contributed by atoms with Crippen molar-refractivity contribution in [3.8, 4) is 0 Å². The quantitative estimate of drug-likeness (QED) is 0.0688. The van der Waals surface area contributed by atoms with Gasteiger partial charge in [0.1, 0.15) is 12.2 Å². The molecule has 0 aromatic carbocycles. The first-order valence-corrected chi connectivity index (χ1v) is 18.7. The molecule has 2 saturated heterocycles. The third kappa shape index (κ3) is 15.4. The maximum atomic E-state index is 11.6.